The Morgan fingerprint density at radius 1 is 1.48 bits per heavy atom. The lowest BCUT2D eigenvalue weighted by Gasteiger charge is -2.30. The summed E-state index contributed by atoms with van der Waals surface area (Å²) in [6.45, 7) is 5.01. The number of hydrogen-bond donors (Lipinski definition) is 2. The van der Waals surface area contributed by atoms with Crippen molar-refractivity contribution in [2.75, 3.05) is 6.61 Å². The molecule has 2 amide bonds. The van der Waals surface area contributed by atoms with Crippen molar-refractivity contribution >= 4 is 6.03 Å². The highest BCUT2D eigenvalue weighted by atomic mass is 16.5. The molecular weight excluding hydrogens is 268 g/mol. The first-order valence-electron chi connectivity index (χ1n) is 7.62. The van der Waals surface area contributed by atoms with Gasteiger partial charge in [0.2, 0.25) is 0 Å². The Balaban J connectivity index is 1.52. The molecule has 3 rings (SSSR count). The molecule has 0 radical (unpaired) electrons. The zero-order valence-corrected chi connectivity index (χ0v) is 12.9. The average molecular weight is 292 g/mol. The normalized spacial score (nSPS) is 30.7. The predicted molar refractivity (Wildman–Crippen MR) is 78.8 cm³/mol. The Labute approximate surface area is 125 Å². The second-order valence-corrected chi connectivity index (χ2v) is 6.82. The molecule has 21 heavy (non-hydrogen) atoms. The lowest BCUT2D eigenvalue weighted by atomic mass is 10.0. The van der Waals surface area contributed by atoms with Crippen LogP contribution in [0.5, 0.6) is 0 Å². The SMILES string of the molecule is Cn1nccc1C1CC(NC(=O)N[C@H]2CC2(C)C)CCO1. The molecule has 0 aromatic carbocycles. The second-order valence-electron chi connectivity index (χ2n) is 6.82. The molecule has 1 aromatic heterocycles. The molecule has 2 fully saturated rings. The Morgan fingerprint density at radius 2 is 2.24 bits per heavy atom. The van der Waals surface area contributed by atoms with E-state index in [2.05, 4.69) is 29.6 Å². The summed E-state index contributed by atoms with van der Waals surface area (Å²) < 4.78 is 7.64. The van der Waals surface area contributed by atoms with Gasteiger partial charge < -0.3 is 15.4 Å². The van der Waals surface area contributed by atoms with E-state index < -0.39 is 0 Å². The Kier molecular flexibility index (Phi) is 3.65. The highest BCUT2D eigenvalue weighted by Gasteiger charge is 2.46. The third kappa shape index (κ3) is 3.20. The van der Waals surface area contributed by atoms with Gasteiger partial charge in [0.15, 0.2) is 0 Å². The first-order chi connectivity index (χ1) is 9.95. The van der Waals surface area contributed by atoms with E-state index in [1.54, 1.807) is 6.20 Å². The van der Waals surface area contributed by atoms with Crippen molar-refractivity contribution in [2.24, 2.45) is 12.5 Å². The number of hydrogen-bond acceptors (Lipinski definition) is 3. The van der Waals surface area contributed by atoms with Crippen LogP contribution in [0.25, 0.3) is 0 Å². The number of carbonyl (C=O) groups excluding carboxylic acids is 1. The summed E-state index contributed by atoms with van der Waals surface area (Å²) in [7, 11) is 1.91. The van der Waals surface area contributed by atoms with E-state index in [-0.39, 0.29) is 23.6 Å². The van der Waals surface area contributed by atoms with Crippen LogP contribution in [0.15, 0.2) is 12.3 Å². The molecule has 2 N–H and O–H groups in total. The van der Waals surface area contributed by atoms with Gasteiger partial charge in [0.25, 0.3) is 0 Å². The fraction of sp³-hybridized carbons (Fsp3) is 0.733. The van der Waals surface area contributed by atoms with Crippen LogP contribution < -0.4 is 10.6 Å². The molecule has 116 valence electrons. The molecule has 0 bridgehead atoms. The maximum Gasteiger partial charge on any atom is 0.315 e. The Bertz CT molecular complexity index is 525. The molecular formula is C15H24N4O2. The van der Waals surface area contributed by atoms with E-state index in [0.29, 0.717) is 12.6 Å². The Morgan fingerprint density at radius 3 is 2.86 bits per heavy atom. The molecule has 6 heteroatoms. The molecule has 1 saturated heterocycles. The van der Waals surface area contributed by atoms with Crippen molar-refractivity contribution in [2.45, 2.75) is 51.3 Å². The highest BCUT2D eigenvalue weighted by Crippen LogP contribution is 2.44. The smallest absolute Gasteiger partial charge is 0.315 e. The van der Waals surface area contributed by atoms with Crippen molar-refractivity contribution in [3.8, 4) is 0 Å². The number of ether oxygens (including phenoxy) is 1. The van der Waals surface area contributed by atoms with E-state index in [0.717, 1.165) is 25.0 Å². The minimum Gasteiger partial charge on any atom is -0.372 e. The van der Waals surface area contributed by atoms with Crippen LogP contribution in [0.4, 0.5) is 4.79 Å². The van der Waals surface area contributed by atoms with Crippen LogP contribution in [-0.4, -0.2) is 34.5 Å². The minimum atomic E-state index is -0.0544. The van der Waals surface area contributed by atoms with Crippen molar-refractivity contribution in [3.05, 3.63) is 18.0 Å². The molecule has 1 aromatic rings. The van der Waals surface area contributed by atoms with Crippen LogP contribution in [0, 0.1) is 5.41 Å². The average Bonchev–Trinajstić information content (AvgIpc) is 2.82. The van der Waals surface area contributed by atoms with Crippen LogP contribution in [-0.2, 0) is 11.8 Å². The summed E-state index contributed by atoms with van der Waals surface area (Å²) >= 11 is 0. The third-order valence-corrected chi connectivity index (χ3v) is 4.63. The molecule has 2 aliphatic rings. The lowest BCUT2D eigenvalue weighted by molar-refractivity contribution is -0.00232. The van der Waals surface area contributed by atoms with Gasteiger partial charge in [0.1, 0.15) is 6.10 Å². The molecule has 6 nitrogen and oxygen atoms in total. The van der Waals surface area contributed by atoms with Gasteiger partial charge in [0.05, 0.1) is 5.69 Å². The lowest BCUT2D eigenvalue weighted by Crippen LogP contribution is -2.46. The number of urea groups is 1. The number of nitrogens with zero attached hydrogens (tertiary/aromatic N) is 2. The highest BCUT2D eigenvalue weighted by molar-refractivity contribution is 5.75. The first kappa shape index (κ1) is 14.4. The molecule has 2 unspecified atom stereocenters. The Hall–Kier alpha value is -1.56. The third-order valence-electron chi connectivity index (χ3n) is 4.63. The van der Waals surface area contributed by atoms with Gasteiger partial charge in [-0.05, 0) is 30.7 Å². The molecule has 2 heterocycles. The molecule has 3 atom stereocenters. The van der Waals surface area contributed by atoms with Gasteiger partial charge in [-0.2, -0.15) is 5.10 Å². The second kappa shape index (κ2) is 5.33. The van der Waals surface area contributed by atoms with Crippen molar-refractivity contribution in [1.82, 2.24) is 20.4 Å². The van der Waals surface area contributed by atoms with E-state index in [1.807, 2.05) is 17.8 Å². The number of amides is 2. The first-order valence-corrected chi connectivity index (χ1v) is 7.62. The van der Waals surface area contributed by atoms with Crippen LogP contribution in [0.2, 0.25) is 0 Å². The van der Waals surface area contributed by atoms with Gasteiger partial charge in [-0.25, -0.2) is 4.79 Å². The summed E-state index contributed by atoms with van der Waals surface area (Å²) in [6.07, 6.45) is 4.49. The standard InChI is InChI=1S/C15H24N4O2/c1-15(2)9-13(15)18-14(20)17-10-5-7-21-12(8-10)11-4-6-16-19(11)3/h4,6,10,12-13H,5,7-9H2,1-3H3,(H2,17,18,20)/t10?,12?,13-/m0/s1. The largest absolute Gasteiger partial charge is 0.372 e. The maximum atomic E-state index is 12.0. The number of aryl methyl sites for hydroxylation is 1. The number of nitrogens with one attached hydrogen (secondary N) is 2. The fourth-order valence-corrected chi connectivity index (χ4v) is 2.93. The summed E-state index contributed by atoms with van der Waals surface area (Å²) in [5.41, 5.74) is 1.31. The van der Waals surface area contributed by atoms with Gasteiger partial charge >= 0.3 is 6.03 Å². The summed E-state index contributed by atoms with van der Waals surface area (Å²) in [6, 6.07) is 2.38. The van der Waals surface area contributed by atoms with Crippen LogP contribution in [0.3, 0.4) is 0 Å². The maximum absolute atomic E-state index is 12.0. The number of rotatable bonds is 3. The van der Waals surface area contributed by atoms with E-state index in [1.165, 1.54) is 0 Å². The van der Waals surface area contributed by atoms with Crippen LogP contribution in [0.1, 0.15) is 44.9 Å². The summed E-state index contributed by atoms with van der Waals surface area (Å²) in [5.74, 6) is 0. The van der Waals surface area contributed by atoms with Crippen molar-refractivity contribution in [1.29, 1.82) is 0 Å². The quantitative estimate of drug-likeness (QED) is 0.891. The molecule has 0 spiro atoms. The number of carbonyl (C=O) groups is 1. The van der Waals surface area contributed by atoms with E-state index in [9.17, 15) is 4.79 Å². The minimum absolute atomic E-state index is 0.00826. The van der Waals surface area contributed by atoms with Crippen molar-refractivity contribution in [3.63, 3.8) is 0 Å². The zero-order chi connectivity index (χ0) is 15.0. The zero-order valence-electron chi connectivity index (χ0n) is 12.9. The van der Waals surface area contributed by atoms with Crippen LogP contribution >= 0.6 is 0 Å². The fourth-order valence-electron chi connectivity index (χ4n) is 2.93. The monoisotopic (exact) mass is 292 g/mol. The molecule has 1 saturated carbocycles. The predicted octanol–water partition coefficient (Wildman–Crippen LogP) is 1.74. The van der Waals surface area contributed by atoms with Gasteiger partial charge in [-0.15, -0.1) is 0 Å². The van der Waals surface area contributed by atoms with Crippen molar-refractivity contribution < 1.29 is 9.53 Å². The van der Waals surface area contributed by atoms with Gasteiger partial charge in [0, 0.05) is 31.9 Å². The molecule has 1 aliphatic heterocycles. The van der Waals surface area contributed by atoms with E-state index >= 15 is 0 Å². The van der Waals surface area contributed by atoms with E-state index in [4.69, 9.17) is 4.74 Å². The number of aromatic nitrogens is 2. The summed E-state index contributed by atoms with van der Waals surface area (Å²) in [5, 5.41) is 10.3. The van der Waals surface area contributed by atoms with Gasteiger partial charge in [-0.1, -0.05) is 13.8 Å². The summed E-state index contributed by atoms with van der Waals surface area (Å²) in [4.78, 5) is 12.0. The van der Waals surface area contributed by atoms with Gasteiger partial charge in [-0.3, -0.25) is 4.68 Å². The topological polar surface area (TPSA) is 68.2 Å². The molecule has 1 aliphatic carbocycles.